The molecule has 12 heavy (non-hydrogen) atoms. The molecule has 0 fully saturated rings. The number of rotatable bonds is 5. The first-order valence-corrected chi connectivity index (χ1v) is 5.59. The minimum atomic E-state index is -3.13. The average Bonchev–Trinajstić information content (AvgIpc) is 1.86. The molecule has 4 nitrogen and oxygen atoms in total. The summed E-state index contributed by atoms with van der Waals surface area (Å²) in [5, 5.41) is -0.932. The molecule has 0 aromatic heterocycles. The summed E-state index contributed by atoms with van der Waals surface area (Å²) >= 11 is 0. The van der Waals surface area contributed by atoms with Gasteiger partial charge in [0.05, 0.1) is 13.2 Å². The third kappa shape index (κ3) is 2.87. The van der Waals surface area contributed by atoms with Gasteiger partial charge in [0, 0.05) is 0 Å². The van der Waals surface area contributed by atoms with Gasteiger partial charge < -0.3 is 14.8 Å². The quantitative estimate of drug-likeness (QED) is 0.681. The second-order valence-corrected chi connectivity index (χ2v) is 5.65. The number of nitrogens with two attached hydrogens (primary N) is 1. The van der Waals surface area contributed by atoms with Crippen molar-refractivity contribution >= 4 is 7.60 Å². The standard InChI is InChI=1S/C7H18NO3P/c1-5-10-12(9,11-6-2)7(3,4)8/h5-6,8H2,1-4H3. The van der Waals surface area contributed by atoms with E-state index in [1.165, 1.54) is 0 Å². The maximum Gasteiger partial charge on any atom is 0.349 e. The van der Waals surface area contributed by atoms with Gasteiger partial charge in [-0.15, -0.1) is 0 Å². The molecule has 0 bridgehead atoms. The van der Waals surface area contributed by atoms with Gasteiger partial charge in [-0.05, 0) is 27.7 Å². The summed E-state index contributed by atoms with van der Waals surface area (Å²) < 4.78 is 22.0. The summed E-state index contributed by atoms with van der Waals surface area (Å²) in [5.74, 6) is 0. The molecule has 0 spiro atoms. The summed E-state index contributed by atoms with van der Waals surface area (Å²) in [7, 11) is -3.13. The molecule has 0 aromatic carbocycles. The van der Waals surface area contributed by atoms with Crippen LogP contribution in [0.4, 0.5) is 0 Å². The van der Waals surface area contributed by atoms with E-state index < -0.39 is 12.9 Å². The summed E-state index contributed by atoms with van der Waals surface area (Å²) in [6, 6.07) is 0. The van der Waals surface area contributed by atoms with E-state index in [-0.39, 0.29) is 0 Å². The summed E-state index contributed by atoms with van der Waals surface area (Å²) in [4.78, 5) is 0. The van der Waals surface area contributed by atoms with Crippen molar-refractivity contribution in [3.8, 4) is 0 Å². The van der Waals surface area contributed by atoms with Crippen molar-refractivity contribution < 1.29 is 13.6 Å². The van der Waals surface area contributed by atoms with E-state index in [0.717, 1.165) is 0 Å². The molecule has 0 aliphatic heterocycles. The highest BCUT2D eigenvalue weighted by atomic mass is 31.2. The summed E-state index contributed by atoms with van der Waals surface area (Å²) in [6.07, 6.45) is 0. The molecular weight excluding hydrogens is 177 g/mol. The molecule has 0 atom stereocenters. The zero-order valence-electron chi connectivity index (χ0n) is 8.16. The molecule has 74 valence electrons. The fourth-order valence-corrected chi connectivity index (χ4v) is 2.13. The van der Waals surface area contributed by atoms with Crippen molar-refractivity contribution in [3.05, 3.63) is 0 Å². The zero-order valence-corrected chi connectivity index (χ0v) is 9.06. The maximum absolute atomic E-state index is 11.9. The zero-order chi connectivity index (χ0) is 9.83. The van der Waals surface area contributed by atoms with Gasteiger partial charge in [0.25, 0.3) is 0 Å². The molecular formula is C7H18NO3P. The molecule has 0 amide bonds. The van der Waals surface area contributed by atoms with Crippen LogP contribution in [0.2, 0.25) is 0 Å². The van der Waals surface area contributed by atoms with Gasteiger partial charge in [0.2, 0.25) is 0 Å². The van der Waals surface area contributed by atoms with Gasteiger partial charge in [-0.2, -0.15) is 0 Å². The van der Waals surface area contributed by atoms with E-state index in [0.29, 0.717) is 13.2 Å². The van der Waals surface area contributed by atoms with E-state index in [1.54, 1.807) is 27.7 Å². The van der Waals surface area contributed by atoms with Crippen molar-refractivity contribution in [1.29, 1.82) is 0 Å². The lowest BCUT2D eigenvalue weighted by Crippen LogP contribution is -2.33. The lowest BCUT2D eigenvalue weighted by atomic mass is 10.4. The van der Waals surface area contributed by atoms with Crippen LogP contribution in [-0.2, 0) is 13.6 Å². The highest BCUT2D eigenvalue weighted by Crippen LogP contribution is 2.56. The van der Waals surface area contributed by atoms with Gasteiger partial charge >= 0.3 is 7.60 Å². The first kappa shape index (κ1) is 12.1. The van der Waals surface area contributed by atoms with Crippen LogP contribution in [0.3, 0.4) is 0 Å². The minimum absolute atomic E-state index is 0.345. The van der Waals surface area contributed by atoms with E-state index in [2.05, 4.69) is 0 Å². The molecule has 0 rings (SSSR count). The Morgan fingerprint density at radius 3 is 1.75 bits per heavy atom. The third-order valence-electron chi connectivity index (χ3n) is 1.30. The molecule has 0 aromatic rings. The Morgan fingerprint density at radius 2 is 1.58 bits per heavy atom. The second-order valence-electron chi connectivity index (χ2n) is 2.99. The van der Waals surface area contributed by atoms with Crippen LogP contribution >= 0.6 is 7.60 Å². The molecule has 0 heterocycles. The van der Waals surface area contributed by atoms with Gasteiger partial charge in [0.15, 0.2) is 0 Å². The first-order valence-electron chi connectivity index (χ1n) is 4.05. The van der Waals surface area contributed by atoms with Crippen LogP contribution < -0.4 is 5.73 Å². The largest absolute Gasteiger partial charge is 0.349 e. The Bertz CT molecular complexity index is 166. The Kier molecular flexibility index (Phi) is 4.42. The molecule has 0 saturated carbocycles. The fraction of sp³-hybridized carbons (Fsp3) is 1.00. The Labute approximate surface area is 74.0 Å². The highest BCUT2D eigenvalue weighted by Gasteiger charge is 2.39. The topological polar surface area (TPSA) is 61.5 Å². The van der Waals surface area contributed by atoms with Crippen LogP contribution in [0, 0.1) is 0 Å². The van der Waals surface area contributed by atoms with Crippen molar-refractivity contribution in [3.63, 3.8) is 0 Å². The van der Waals surface area contributed by atoms with Crippen LogP contribution in [0.5, 0.6) is 0 Å². The Morgan fingerprint density at radius 1 is 1.25 bits per heavy atom. The molecule has 0 aliphatic rings. The molecule has 2 N–H and O–H groups in total. The predicted molar refractivity (Wildman–Crippen MR) is 49.1 cm³/mol. The van der Waals surface area contributed by atoms with E-state index in [4.69, 9.17) is 14.8 Å². The molecule has 0 saturated heterocycles. The summed E-state index contributed by atoms with van der Waals surface area (Å²) in [5.41, 5.74) is 5.67. The molecule has 0 unspecified atom stereocenters. The Hall–Kier alpha value is 0.110. The summed E-state index contributed by atoms with van der Waals surface area (Å²) in [6.45, 7) is 7.49. The van der Waals surface area contributed by atoms with Crippen LogP contribution in [0.25, 0.3) is 0 Å². The minimum Gasteiger partial charge on any atom is -0.316 e. The predicted octanol–water partition coefficient (Wildman–Crippen LogP) is 1.95. The highest BCUT2D eigenvalue weighted by molar-refractivity contribution is 7.55. The molecule has 0 aliphatic carbocycles. The van der Waals surface area contributed by atoms with Gasteiger partial charge in [-0.1, -0.05) is 0 Å². The van der Waals surface area contributed by atoms with Gasteiger partial charge in [-0.25, -0.2) is 0 Å². The normalized spacial score (nSPS) is 13.4. The lowest BCUT2D eigenvalue weighted by molar-refractivity contribution is 0.201. The third-order valence-corrected chi connectivity index (χ3v) is 3.91. The van der Waals surface area contributed by atoms with Crippen LogP contribution in [-0.4, -0.2) is 18.5 Å². The van der Waals surface area contributed by atoms with Crippen molar-refractivity contribution in [2.75, 3.05) is 13.2 Å². The van der Waals surface area contributed by atoms with Crippen molar-refractivity contribution in [2.45, 2.75) is 33.0 Å². The van der Waals surface area contributed by atoms with E-state index in [1.807, 2.05) is 0 Å². The monoisotopic (exact) mass is 195 g/mol. The van der Waals surface area contributed by atoms with Crippen LogP contribution in [0.1, 0.15) is 27.7 Å². The lowest BCUT2D eigenvalue weighted by Gasteiger charge is -2.28. The van der Waals surface area contributed by atoms with E-state index in [9.17, 15) is 4.57 Å². The average molecular weight is 195 g/mol. The Balaban J connectivity index is 4.51. The van der Waals surface area contributed by atoms with Crippen molar-refractivity contribution in [1.82, 2.24) is 0 Å². The maximum atomic E-state index is 11.9. The van der Waals surface area contributed by atoms with Gasteiger partial charge in [-0.3, -0.25) is 4.57 Å². The second kappa shape index (κ2) is 4.38. The molecule has 0 radical (unpaired) electrons. The first-order chi connectivity index (χ1) is 5.37. The number of hydrogen-bond donors (Lipinski definition) is 1. The molecule has 5 heteroatoms. The smallest absolute Gasteiger partial charge is 0.316 e. The van der Waals surface area contributed by atoms with Crippen molar-refractivity contribution in [2.24, 2.45) is 5.73 Å². The van der Waals surface area contributed by atoms with Gasteiger partial charge in [0.1, 0.15) is 5.28 Å². The van der Waals surface area contributed by atoms with E-state index >= 15 is 0 Å². The SMILES string of the molecule is CCOP(=O)(OCC)C(C)(C)N. The number of hydrogen-bond acceptors (Lipinski definition) is 4. The fourth-order valence-electron chi connectivity index (χ4n) is 0.710. The van der Waals surface area contributed by atoms with Crippen LogP contribution in [0.15, 0.2) is 0 Å².